The van der Waals surface area contributed by atoms with E-state index in [1.807, 2.05) is 31.2 Å². The summed E-state index contributed by atoms with van der Waals surface area (Å²) in [6.45, 7) is 5.32. The minimum atomic E-state index is -0.303. The van der Waals surface area contributed by atoms with Gasteiger partial charge in [-0.3, -0.25) is 4.79 Å². The number of methoxy groups -OCH3 is 1. The number of hydrogen-bond acceptors (Lipinski definition) is 4. The molecule has 24 heavy (non-hydrogen) atoms. The van der Waals surface area contributed by atoms with Gasteiger partial charge < -0.3 is 14.3 Å². The highest BCUT2D eigenvalue weighted by molar-refractivity contribution is 5.88. The van der Waals surface area contributed by atoms with Crippen molar-refractivity contribution in [1.29, 1.82) is 0 Å². The molecule has 0 spiro atoms. The van der Waals surface area contributed by atoms with E-state index < -0.39 is 0 Å². The van der Waals surface area contributed by atoms with Crippen LogP contribution in [0.5, 0.6) is 0 Å². The molecular formula is C20H18O4. The second-order valence-electron chi connectivity index (χ2n) is 5.50. The normalized spacial score (nSPS) is 13.7. The molecule has 0 bridgehead atoms. The molecule has 0 atom stereocenters. The van der Waals surface area contributed by atoms with Crippen molar-refractivity contribution in [3.05, 3.63) is 75.4 Å². The lowest BCUT2D eigenvalue weighted by Gasteiger charge is -2.12. The number of aliphatic hydroxyl groups excluding tert-OH is 1. The number of fused-ring (bicyclic) bond motifs is 3. The quantitative estimate of drug-likeness (QED) is 0.848. The minimum Gasteiger partial charge on any atom is -0.508 e. The van der Waals surface area contributed by atoms with Crippen molar-refractivity contribution < 1.29 is 14.3 Å². The third kappa shape index (κ3) is 2.56. The van der Waals surface area contributed by atoms with Gasteiger partial charge in [0.2, 0.25) is 5.43 Å². The summed E-state index contributed by atoms with van der Waals surface area (Å²) in [5.41, 5.74) is 2.01. The Morgan fingerprint density at radius 1 is 1.42 bits per heavy atom. The van der Waals surface area contributed by atoms with Gasteiger partial charge >= 0.3 is 0 Å². The molecular weight excluding hydrogens is 304 g/mol. The molecule has 1 aliphatic carbocycles. The third-order valence-corrected chi connectivity index (χ3v) is 4.01. The molecule has 0 fully saturated rings. The Morgan fingerprint density at radius 2 is 2.21 bits per heavy atom. The Morgan fingerprint density at radius 3 is 2.88 bits per heavy atom. The first kappa shape index (κ1) is 15.9. The molecule has 1 aromatic carbocycles. The van der Waals surface area contributed by atoms with Crippen molar-refractivity contribution in [2.24, 2.45) is 0 Å². The van der Waals surface area contributed by atoms with E-state index in [1.165, 1.54) is 0 Å². The standard InChI is InChI=1S/C20H18O4/c1-4-6-16-18(12(2)21)20(22)19-15-11-14(23-3)8-5-7-13(15)9-10-17(19)24-16/h4-10,21H,2,11H2,1,3H3/b6-4-. The third-order valence-electron chi connectivity index (χ3n) is 4.01. The van der Waals surface area contributed by atoms with Crippen molar-refractivity contribution in [2.75, 3.05) is 7.11 Å². The van der Waals surface area contributed by atoms with Crippen LogP contribution < -0.4 is 5.43 Å². The highest BCUT2D eigenvalue weighted by atomic mass is 16.5. The summed E-state index contributed by atoms with van der Waals surface area (Å²) in [5.74, 6) is 0.746. The minimum absolute atomic E-state index is 0.0881. The van der Waals surface area contributed by atoms with Crippen LogP contribution in [0.25, 0.3) is 28.9 Å². The molecule has 0 amide bonds. The molecule has 122 valence electrons. The maximum absolute atomic E-state index is 13.0. The topological polar surface area (TPSA) is 59.7 Å². The van der Waals surface area contributed by atoms with Crippen LogP contribution >= 0.6 is 0 Å². The first-order chi connectivity index (χ1) is 11.6. The maximum atomic E-state index is 13.0. The smallest absolute Gasteiger partial charge is 0.204 e. The van der Waals surface area contributed by atoms with Gasteiger partial charge in [0.05, 0.1) is 18.3 Å². The van der Waals surface area contributed by atoms with Crippen LogP contribution in [-0.4, -0.2) is 12.2 Å². The van der Waals surface area contributed by atoms with Crippen LogP contribution in [0, 0.1) is 0 Å². The van der Waals surface area contributed by atoms with E-state index in [2.05, 4.69) is 6.58 Å². The van der Waals surface area contributed by atoms with Crippen LogP contribution in [0.15, 0.2) is 51.9 Å². The lowest BCUT2D eigenvalue weighted by atomic mass is 9.97. The zero-order valence-electron chi connectivity index (χ0n) is 13.6. The zero-order valence-corrected chi connectivity index (χ0v) is 13.6. The number of benzene rings is 1. The summed E-state index contributed by atoms with van der Waals surface area (Å²) in [6, 6.07) is 3.69. The SMILES string of the molecule is C=C(O)c1c(/C=C\C)oc2ccc3c(c2c1=O)CC(OC)=CC=C3. The van der Waals surface area contributed by atoms with Crippen molar-refractivity contribution in [3.63, 3.8) is 0 Å². The van der Waals surface area contributed by atoms with E-state index in [4.69, 9.17) is 9.15 Å². The van der Waals surface area contributed by atoms with Crippen LogP contribution in [0.1, 0.15) is 29.4 Å². The van der Waals surface area contributed by atoms with Crippen molar-refractivity contribution in [1.82, 2.24) is 0 Å². The Labute approximate surface area is 139 Å². The number of ether oxygens (including phenoxy) is 1. The Balaban J connectivity index is 2.41. The summed E-state index contributed by atoms with van der Waals surface area (Å²) in [5, 5.41) is 10.3. The largest absolute Gasteiger partial charge is 0.508 e. The fourth-order valence-electron chi connectivity index (χ4n) is 2.90. The summed E-state index contributed by atoms with van der Waals surface area (Å²) in [7, 11) is 1.60. The lowest BCUT2D eigenvalue weighted by Crippen LogP contribution is -2.13. The van der Waals surface area contributed by atoms with Crippen LogP contribution in [0.3, 0.4) is 0 Å². The molecule has 4 heteroatoms. The van der Waals surface area contributed by atoms with Gasteiger partial charge in [-0.15, -0.1) is 0 Å². The first-order valence-corrected chi connectivity index (χ1v) is 7.61. The molecule has 0 unspecified atom stereocenters. The predicted molar refractivity (Wildman–Crippen MR) is 96.7 cm³/mol. The Hall–Kier alpha value is -3.01. The van der Waals surface area contributed by atoms with Gasteiger partial charge in [-0.25, -0.2) is 0 Å². The molecule has 1 aliphatic rings. The molecule has 1 aromatic heterocycles. The highest BCUT2D eigenvalue weighted by Crippen LogP contribution is 2.29. The van der Waals surface area contributed by atoms with Crippen LogP contribution in [-0.2, 0) is 11.2 Å². The van der Waals surface area contributed by atoms with E-state index in [0.29, 0.717) is 23.2 Å². The average molecular weight is 322 g/mol. The molecule has 0 aliphatic heterocycles. The van der Waals surface area contributed by atoms with Gasteiger partial charge in [0, 0.05) is 6.42 Å². The molecule has 1 heterocycles. The maximum Gasteiger partial charge on any atom is 0.204 e. The summed E-state index contributed by atoms with van der Waals surface area (Å²) in [6.07, 6.45) is 9.54. The van der Waals surface area contributed by atoms with Crippen LogP contribution in [0.4, 0.5) is 0 Å². The van der Waals surface area contributed by atoms with Gasteiger partial charge in [0.1, 0.15) is 22.7 Å². The monoisotopic (exact) mass is 322 g/mol. The van der Waals surface area contributed by atoms with Gasteiger partial charge in [0.25, 0.3) is 0 Å². The van der Waals surface area contributed by atoms with Crippen molar-refractivity contribution >= 4 is 28.9 Å². The van der Waals surface area contributed by atoms with Crippen LogP contribution in [0.2, 0.25) is 0 Å². The van der Waals surface area contributed by atoms with Gasteiger partial charge in [-0.2, -0.15) is 0 Å². The van der Waals surface area contributed by atoms with E-state index in [1.54, 1.807) is 25.3 Å². The fraction of sp³-hybridized carbons (Fsp3) is 0.150. The van der Waals surface area contributed by atoms with E-state index >= 15 is 0 Å². The summed E-state index contributed by atoms with van der Waals surface area (Å²) >= 11 is 0. The molecule has 0 radical (unpaired) electrons. The second kappa shape index (κ2) is 6.24. The van der Waals surface area contributed by atoms with E-state index in [0.717, 1.165) is 16.9 Å². The summed E-state index contributed by atoms with van der Waals surface area (Å²) < 4.78 is 11.2. The van der Waals surface area contributed by atoms with Gasteiger partial charge in [0.15, 0.2) is 0 Å². The van der Waals surface area contributed by atoms with Crippen molar-refractivity contribution in [2.45, 2.75) is 13.3 Å². The number of rotatable bonds is 3. The van der Waals surface area contributed by atoms with Crippen molar-refractivity contribution in [3.8, 4) is 0 Å². The number of aliphatic hydroxyl groups is 1. The second-order valence-corrected chi connectivity index (χ2v) is 5.50. The Bertz CT molecular complexity index is 971. The molecule has 1 N–H and O–H groups in total. The molecule has 2 aromatic rings. The number of allylic oxidation sites excluding steroid dienone is 4. The molecule has 3 rings (SSSR count). The van der Waals surface area contributed by atoms with Gasteiger partial charge in [-0.1, -0.05) is 30.9 Å². The highest BCUT2D eigenvalue weighted by Gasteiger charge is 2.20. The Kier molecular flexibility index (Phi) is 4.13. The lowest BCUT2D eigenvalue weighted by molar-refractivity contribution is 0.284. The molecule has 0 saturated heterocycles. The zero-order chi connectivity index (χ0) is 17.3. The fourth-order valence-corrected chi connectivity index (χ4v) is 2.90. The number of hydrogen-bond donors (Lipinski definition) is 1. The first-order valence-electron chi connectivity index (χ1n) is 7.61. The van der Waals surface area contributed by atoms with E-state index in [-0.39, 0.29) is 16.8 Å². The molecule has 4 nitrogen and oxygen atoms in total. The predicted octanol–water partition coefficient (Wildman–Crippen LogP) is 4.45. The van der Waals surface area contributed by atoms with E-state index in [9.17, 15) is 9.90 Å². The van der Waals surface area contributed by atoms with Gasteiger partial charge in [-0.05, 0) is 36.3 Å². The summed E-state index contributed by atoms with van der Waals surface area (Å²) in [4.78, 5) is 13.0. The average Bonchev–Trinajstić information content (AvgIpc) is 2.76. The molecule has 0 saturated carbocycles.